The van der Waals surface area contributed by atoms with Gasteiger partial charge in [-0.05, 0) is 67.7 Å². The summed E-state index contributed by atoms with van der Waals surface area (Å²) in [5, 5.41) is 11.9. The molecule has 1 N–H and O–H groups in total. The van der Waals surface area contributed by atoms with Gasteiger partial charge in [-0.1, -0.05) is 43.5 Å². The SMILES string of the molecule is COc1ccc2cc([C@H](CCCN(C)CC3(SN=O)CCCCC3)C(=O)O)ccc2c1. The lowest BCUT2D eigenvalue weighted by atomic mass is 9.87. The summed E-state index contributed by atoms with van der Waals surface area (Å²) in [7, 11) is 3.69. The van der Waals surface area contributed by atoms with E-state index in [4.69, 9.17) is 4.74 Å². The van der Waals surface area contributed by atoms with Crippen molar-refractivity contribution in [1.29, 1.82) is 0 Å². The normalized spacial score (nSPS) is 16.9. The van der Waals surface area contributed by atoms with Crippen molar-refractivity contribution >= 4 is 28.7 Å². The summed E-state index contributed by atoms with van der Waals surface area (Å²) in [6.45, 7) is 1.62. The molecule has 0 aromatic heterocycles. The number of ether oxygens (including phenoxy) is 1. The fourth-order valence-electron chi connectivity index (χ4n) is 4.71. The molecule has 0 unspecified atom stereocenters. The third-order valence-electron chi connectivity index (χ3n) is 6.36. The van der Waals surface area contributed by atoms with E-state index in [9.17, 15) is 14.8 Å². The van der Waals surface area contributed by atoms with E-state index in [0.717, 1.165) is 67.3 Å². The van der Waals surface area contributed by atoms with Crippen LogP contribution >= 0.6 is 11.9 Å². The predicted molar refractivity (Wildman–Crippen MR) is 127 cm³/mol. The highest BCUT2D eigenvalue weighted by atomic mass is 32.2. The molecule has 2 aromatic rings. The Kier molecular flexibility index (Phi) is 8.32. The van der Waals surface area contributed by atoms with Gasteiger partial charge >= 0.3 is 5.97 Å². The summed E-state index contributed by atoms with van der Waals surface area (Å²) in [5.41, 5.74) is 0.831. The number of nitroso groups, excluding NO2 is 1. The van der Waals surface area contributed by atoms with Gasteiger partial charge in [-0.3, -0.25) is 4.79 Å². The number of hydrogen-bond donors (Lipinski definition) is 1. The third-order valence-corrected chi connectivity index (χ3v) is 7.36. The minimum atomic E-state index is -0.792. The van der Waals surface area contributed by atoms with E-state index in [1.807, 2.05) is 36.4 Å². The van der Waals surface area contributed by atoms with E-state index in [0.29, 0.717) is 6.42 Å². The summed E-state index contributed by atoms with van der Waals surface area (Å²) in [6, 6.07) is 11.7. The zero-order valence-corrected chi connectivity index (χ0v) is 19.2. The topological polar surface area (TPSA) is 79.2 Å². The van der Waals surface area contributed by atoms with E-state index >= 15 is 0 Å². The number of nitrogens with zero attached hydrogens (tertiary/aromatic N) is 2. The fourth-order valence-corrected chi connectivity index (χ4v) is 5.62. The first-order valence-corrected chi connectivity index (χ1v) is 11.7. The van der Waals surface area contributed by atoms with Crippen LogP contribution in [0.2, 0.25) is 0 Å². The molecule has 1 fully saturated rings. The lowest BCUT2D eigenvalue weighted by Gasteiger charge is -2.37. The van der Waals surface area contributed by atoms with E-state index in [-0.39, 0.29) is 4.75 Å². The minimum Gasteiger partial charge on any atom is -0.497 e. The molecule has 1 aliphatic rings. The van der Waals surface area contributed by atoms with Gasteiger partial charge in [-0.25, -0.2) is 0 Å². The number of carboxylic acids is 1. The Morgan fingerprint density at radius 3 is 2.58 bits per heavy atom. The van der Waals surface area contributed by atoms with Gasteiger partial charge < -0.3 is 14.7 Å². The standard InChI is InChI=1S/C24H32N2O4S/c1-26(17-24(31-25-29)12-4-3-5-13-24)14-6-7-22(23(27)28)20-9-8-19-16-21(30-2)11-10-18(19)15-20/h8-11,15-16,22H,3-7,12-14,17H2,1-2H3,(H,27,28)/t22-/m0/s1. The highest BCUT2D eigenvalue weighted by Gasteiger charge is 2.35. The van der Waals surface area contributed by atoms with E-state index < -0.39 is 11.9 Å². The largest absolute Gasteiger partial charge is 0.497 e. The summed E-state index contributed by atoms with van der Waals surface area (Å²) < 4.78 is 8.33. The van der Waals surface area contributed by atoms with Gasteiger partial charge in [-0.15, -0.1) is 4.91 Å². The van der Waals surface area contributed by atoms with Crippen molar-refractivity contribution in [2.24, 2.45) is 4.58 Å². The fraction of sp³-hybridized carbons (Fsp3) is 0.542. The maximum atomic E-state index is 12.0. The molecule has 0 heterocycles. The van der Waals surface area contributed by atoms with Crippen LogP contribution in [0, 0.1) is 4.91 Å². The number of carbonyl (C=O) groups is 1. The predicted octanol–water partition coefficient (Wildman–Crippen LogP) is 5.85. The van der Waals surface area contributed by atoms with Gasteiger partial charge in [-0.2, -0.15) is 0 Å². The molecule has 0 spiro atoms. The molecule has 3 rings (SSSR count). The molecular weight excluding hydrogens is 412 g/mol. The first-order chi connectivity index (χ1) is 15.0. The summed E-state index contributed by atoms with van der Waals surface area (Å²) in [6.07, 6.45) is 6.91. The number of rotatable bonds is 11. The van der Waals surface area contributed by atoms with Crippen molar-refractivity contribution in [1.82, 2.24) is 4.90 Å². The highest BCUT2D eigenvalue weighted by molar-refractivity contribution is 7.99. The summed E-state index contributed by atoms with van der Waals surface area (Å²) >= 11 is 1.20. The molecule has 1 atom stereocenters. The van der Waals surface area contributed by atoms with Crippen LogP contribution in [-0.4, -0.2) is 48.0 Å². The van der Waals surface area contributed by atoms with Crippen LogP contribution in [0.5, 0.6) is 5.75 Å². The number of fused-ring (bicyclic) bond motifs is 1. The second kappa shape index (κ2) is 11.0. The third kappa shape index (κ3) is 6.20. The maximum Gasteiger partial charge on any atom is 0.310 e. The van der Waals surface area contributed by atoms with Gasteiger partial charge in [0.05, 0.1) is 17.8 Å². The lowest BCUT2D eigenvalue weighted by molar-refractivity contribution is -0.139. The van der Waals surface area contributed by atoms with Gasteiger partial charge in [0.15, 0.2) is 0 Å². The average molecular weight is 445 g/mol. The van der Waals surface area contributed by atoms with Crippen LogP contribution in [0.1, 0.15) is 56.4 Å². The quantitative estimate of drug-likeness (QED) is 0.346. The lowest BCUT2D eigenvalue weighted by Crippen LogP contribution is -2.40. The number of aliphatic carboxylic acids is 1. The Labute approximate surface area is 188 Å². The molecular formula is C24H32N2O4S. The van der Waals surface area contributed by atoms with Crippen molar-refractivity contribution in [2.45, 2.75) is 55.6 Å². The van der Waals surface area contributed by atoms with Crippen LogP contribution in [0.25, 0.3) is 10.8 Å². The van der Waals surface area contributed by atoms with Crippen molar-refractivity contribution < 1.29 is 14.6 Å². The van der Waals surface area contributed by atoms with Crippen LogP contribution in [0.4, 0.5) is 0 Å². The van der Waals surface area contributed by atoms with E-state index in [2.05, 4.69) is 16.5 Å². The molecule has 31 heavy (non-hydrogen) atoms. The van der Waals surface area contributed by atoms with Crippen LogP contribution in [0.3, 0.4) is 0 Å². The average Bonchev–Trinajstić information content (AvgIpc) is 2.76. The second-order valence-electron chi connectivity index (χ2n) is 8.65. The van der Waals surface area contributed by atoms with Crippen LogP contribution in [-0.2, 0) is 4.79 Å². The molecule has 2 aromatic carbocycles. The number of hydrogen-bond acceptors (Lipinski definition) is 6. The molecule has 168 valence electrons. The maximum absolute atomic E-state index is 12.0. The van der Waals surface area contributed by atoms with Crippen molar-refractivity contribution in [3.8, 4) is 5.75 Å². The number of benzene rings is 2. The Morgan fingerprint density at radius 2 is 1.90 bits per heavy atom. The first kappa shape index (κ1) is 23.5. The van der Waals surface area contributed by atoms with Crippen molar-refractivity contribution in [2.75, 3.05) is 27.2 Å². The molecule has 0 saturated heterocycles. The molecule has 0 bridgehead atoms. The minimum absolute atomic E-state index is 0.0830. The van der Waals surface area contributed by atoms with Crippen LogP contribution in [0.15, 0.2) is 41.0 Å². The molecule has 7 heteroatoms. The molecule has 1 aliphatic carbocycles. The Morgan fingerprint density at radius 1 is 1.19 bits per heavy atom. The van der Waals surface area contributed by atoms with Gasteiger partial charge in [0.2, 0.25) is 0 Å². The summed E-state index contributed by atoms with van der Waals surface area (Å²) in [5.74, 6) is -0.536. The molecule has 6 nitrogen and oxygen atoms in total. The molecule has 0 radical (unpaired) electrons. The second-order valence-corrected chi connectivity index (χ2v) is 9.85. The Hall–Kier alpha value is -2.12. The summed E-state index contributed by atoms with van der Waals surface area (Å²) in [4.78, 5) is 25.2. The van der Waals surface area contributed by atoms with Crippen molar-refractivity contribution in [3.63, 3.8) is 0 Å². The first-order valence-electron chi connectivity index (χ1n) is 11.0. The Balaban J connectivity index is 1.61. The molecule has 0 amide bonds. The zero-order chi connectivity index (χ0) is 22.3. The van der Waals surface area contributed by atoms with Gasteiger partial charge in [0, 0.05) is 23.1 Å². The monoisotopic (exact) mass is 444 g/mol. The molecule has 1 saturated carbocycles. The number of methoxy groups -OCH3 is 1. The van der Waals surface area contributed by atoms with E-state index in [1.54, 1.807) is 7.11 Å². The molecule has 0 aliphatic heterocycles. The zero-order valence-electron chi connectivity index (χ0n) is 18.4. The van der Waals surface area contributed by atoms with E-state index in [1.165, 1.54) is 18.4 Å². The number of carboxylic acid groups (broad SMARTS) is 1. The van der Waals surface area contributed by atoms with Crippen molar-refractivity contribution in [3.05, 3.63) is 46.9 Å². The van der Waals surface area contributed by atoms with Crippen LogP contribution < -0.4 is 4.74 Å². The van der Waals surface area contributed by atoms with Gasteiger partial charge in [0.25, 0.3) is 0 Å². The highest BCUT2D eigenvalue weighted by Crippen LogP contribution is 2.41. The van der Waals surface area contributed by atoms with Gasteiger partial charge in [0.1, 0.15) is 5.75 Å². The Bertz CT molecular complexity index is 898. The smallest absolute Gasteiger partial charge is 0.310 e.